The fraction of sp³-hybridized carbons (Fsp3) is 0.467. The zero-order chi connectivity index (χ0) is 17.7. The van der Waals surface area contributed by atoms with Crippen LogP contribution in [-0.2, 0) is 24.2 Å². The third-order valence-corrected chi connectivity index (χ3v) is 7.02. The number of esters is 1. The number of carbonyl (C=O) groups excluding carboxylic acids is 2. The average Bonchev–Trinajstić information content (AvgIpc) is 2.86. The molecule has 132 valence electrons. The fourth-order valence-electron chi connectivity index (χ4n) is 2.16. The number of para-hydroxylation sites is 1. The summed E-state index contributed by atoms with van der Waals surface area (Å²) in [7, 11) is -2.97. The van der Waals surface area contributed by atoms with E-state index in [2.05, 4.69) is 5.32 Å². The Morgan fingerprint density at radius 3 is 2.75 bits per heavy atom. The summed E-state index contributed by atoms with van der Waals surface area (Å²) in [5.41, 5.74) is 0.442. The van der Waals surface area contributed by atoms with Crippen LogP contribution in [0.1, 0.15) is 13.3 Å². The molecule has 2 rings (SSSR count). The highest BCUT2D eigenvalue weighted by Gasteiger charge is 2.29. The van der Waals surface area contributed by atoms with Crippen molar-refractivity contribution in [2.24, 2.45) is 0 Å². The first-order valence-electron chi connectivity index (χ1n) is 7.34. The van der Waals surface area contributed by atoms with E-state index in [0.29, 0.717) is 17.1 Å². The molecule has 0 spiro atoms. The second kappa shape index (κ2) is 8.22. The molecule has 1 N–H and O–H groups in total. The smallest absolute Gasteiger partial charge is 0.316 e. The van der Waals surface area contributed by atoms with E-state index in [4.69, 9.17) is 16.3 Å². The van der Waals surface area contributed by atoms with Crippen LogP contribution in [0.2, 0.25) is 5.02 Å². The maximum atomic E-state index is 12.0. The number of amides is 1. The number of hydrogen-bond acceptors (Lipinski definition) is 6. The molecule has 0 bridgehead atoms. The number of anilines is 1. The topological polar surface area (TPSA) is 89.5 Å². The number of ether oxygens (including phenoxy) is 1. The normalized spacial score (nSPS) is 20.3. The lowest BCUT2D eigenvalue weighted by atomic mass is 10.3. The molecule has 9 heteroatoms. The van der Waals surface area contributed by atoms with Gasteiger partial charge in [0.1, 0.15) is 0 Å². The van der Waals surface area contributed by atoms with Gasteiger partial charge in [-0.05, 0) is 25.5 Å². The molecule has 0 aromatic heterocycles. The van der Waals surface area contributed by atoms with Crippen molar-refractivity contribution in [3.05, 3.63) is 29.3 Å². The lowest BCUT2D eigenvalue weighted by molar-refractivity contribution is -0.150. The lowest BCUT2D eigenvalue weighted by Gasteiger charge is -2.14. The Kier molecular flexibility index (Phi) is 6.54. The molecule has 2 atom stereocenters. The number of halogens is 1. The molecule has 1 amide bonds. The van der Waals surface area contributed by atoms with Gasteiger partial charge >= 0.3 is 5.97 Å². The minimum atomic E-state index is -2.97. The van der Waals surface area contributed by atoms with Gasteiger partial charge in [-0.2, -0.15) is 0 Å². The Balaban J connectivity index is 1.77. The van der Waals surface area contributed by atoms with E-state index in [9.17, 15) is 18.0 Å². The highest BCUT2D eigenvalue weighted by atomic mass is 35.5. The average molecular weight is 392 g/mol. The molecule has 0 unspecified atom stereocenters. The summed E-state index contributed by atoms with van der Waals surface area (Å²) >= 11 is 7.20. The first-order valence-corrected chi connectivity index (χ1v) is 10.6. The molecule has 1 aliphatic heterocycles. The van der Waals surface area contributed by atoms with E-state index >= 15 is 0 Å². The predicted octanol–water partition coefficient (Wildman–Crippen LogP) is 2.13. The highest BCUT2D eigenvalue weighted by molar-refractivity contribution is 8.02. The second-order valence-corrected chi connectivity index (χ2v) is 9.36. The van der Waals surface area contributed by atoms with Crippen molar-refractivity contribution in [2.75, 3.05) is 22.6 Å². The number of thioether (sulfide) groups is 1. The van der Waals surface area contributed by atoms with Gasteiger partial charge in [0.25, 0.3) is 5.91 Å². The predicted molar refractivity (Wildman–Crippen MR) is 95.2 cm³/mol. The van der Waals surface area contributed by atoms with E-state index in [0.717, 1.165) is 0 Å². The minimum Gasteiger partial charge on any atom is -0.452 e. The quantitative estimate of drug-likeness (QED) is 0.747. The number of benzene rings is 1. The van der Waals surface area contributed by atoms with Crippen molar-refractivity contribution in [3.63, 3.8) is 0 Å². The molecule has 1 heterocycles. The first-order chi connectivity index (χ1) is 11.3. The van der Waals surface area contributed by atoms with Gasteiger partial charge < -0.3 is 10.1 Å². The van der Waals surface area contributed by atoms with E-state index in [1.165, 1.54) is 18.7 Å². The van der Waals surface area contributed by atoms with Gasteiger partial charge in [-0.3, -0.25) is 9.59 Å². The molecule has 1 fully saturated rings. The van der Waals surface area contributed by atoms with Crippen LogP contribution in [0.25, 0.3) is 0 Å². The Morgan fingerprint density at radius 1 is 1.42 bits per heavy atom. The molecule has 1 aliphatic rings. The molecule has 0 radical (unpaired) electrons. The monoisotopic (exact) mass is 391 g/mol. The third-order valence-electron chi connectivity index (χ3n) is 3.44. The molecular weight excluding hydrogens is 374 g/mol. The number of rotatable bonds is 6. The second-order valence-electron chi connectivity index (χ2n) is 5.44. The highest BCUT2D eigenvalue weighted by Crippen LogP contribution is 2.24. The van der Waals surface area contributed by atoms with Gasteiger partial charge in [0, 0.05) is 5.25 Å². The minimum absolute atomic E-state index is 0.0178. The van der Waals surface area contributed by atoms with Gasteiger partial charge in [0.15, 0.2) is 15.9 Å². The summed E-state index contributed by atoms with van der Waals surface area (Å²) in [5.74, 6) is -0.760. The zero-order valence-electron chi connectivity index (χ0n) is 13.0. The molecule has 1 aromatic carbocycles. The molecule has 0 saturated carbocycles. The van der Waals surface area contributed by atoms with Crippen LogP contribution < -0.4 is 5.32 Å². The van der Waals surface area contributed by atoms with Crippen LogP contribution in [0, 0.1) is 0 Å². The number of sulfone groups is 1. The van der Waals surface area contributed by atoms with Crippen LogP contribution in [0.5, 0.6) is 0 Å². The van der Waals surface area contributed by atoms with Crippen LogP contribution in [-0.4, -0.2) is 48.9 Å². The van der Waals surface area contributed by atoms with Gasteiger partial charge in [-0.25, -0.2) is 8.42 Å². The molecule has 1 aromatic rings. The standard InChI is InChI=1S/C15H18ClNO5S2/c1-10(15(19)17-13-5-3-2-4-12(13)16)22-14(18)8-23-11-6-7-24(20,21)9-11/h2-5,10-11H,6-9H2,1H3,(H,17,19)/t10-,11+/m0/s1. The van der Waals surface area contributed by atoms with Gasteiger partial charge in [0.05, 0.1) is 28.0 Å². The molecular formula is C15H18ClNO5S2. The number of nitrogens with one attached hydrogen (secondary N) is 1. The van der Waals surface area contributed by atoms with Crippen LogP contribution in [0.15, 0.2) is 24.3 Å². The molecule has 0 aliphatic carbocycles. The van der Waals surface area contributed by atoms with E-state index in [1.807, 2.05) is 0 Å². The SMILES string of the molecule is C[C@H](OC(=O)CS[C@@H]1CCS(=O)(=O)C1)C(=O)Nc1ccccc1Cl. The lowest BCUT2D eigenvalue weighted by Crippen LogP contribution is -2.30. The fourth-order valence-corrected chi connectivity index (χ4v) is 5.77. The third kappa shape index (κ3) is 5.68. The van der Waals surface area contributed by atoms with E-state index in [1.54, 1.807) is 24.3 Å². The first kappa shape index (κ1) is 19.1. The molecule has 6 nitrogen and oxygen atoms in total. The van der Waals surface area contributed by atoms with Crippen molar-refractivity contribution in [1.82, 2.24) is 0 Å². The Labute approximate surface area is 150 Å². The summed E-state index contributed by atoms with van der Waals surface area (Å²) in [6.45, 7) is 1.47. The number of hydrogen-bond donors (Lipinski definition) is 1. The van der Waals surface area contributed by atoms with Gasteiger partial charge in [0.2, 0.25) is 0 Å². The van der Waals surface area contributed by atoms with Gasteiger partial charge in [-0.15, -0.1) is 11.8 Å². The zero-order valence-corrected chi connectivity index (χ0v) is 15.4. The Bertz CT molecular complexity index is 722. The van der Waals surface area contributed by atoms with Crippen molar-refractivity contribution in [1.29, 1.82) is 0 Å². The summed E-state index contributed by atoms with van der Waals surface area (Å²) in [5, 5.41) is 2.89. The van der Waals surface area contributed by atoms with Crippen LogP contribution in [0.4, 0.5) is 5.69 Å². The van der Waals surface area contributed by atoms with Crippen molar-refractivity contribution >= 4 is 50.8 Å². The maximum absolute atomic E-state index is 12.0. The number of carbonyl (C=O) groups is 2. The Morgan fingerprint density at radius 2 is 2.12 bits per heavy atom. The van der Waals surface area contributed by atoms with Crippen molar-refractivity contribution < 1.29 is 22.7 Å². The van der Waals surface area contributed by atoms with Crippen LogP contribution in [0.3, 0.4) is 0 Å². The molecule has 1 saturated heterocycles. The van der Waals surface area contributed by atoms with E-state index in [-0.39, 0.29) is 22.5 Å². The van der Waals surface area contributed by atoms with E-state index < -0.39 is 27.8 Å². The summed E-state index contributed by atoms with van der Waals surface area (Å²) in [6, 6.07) is 6.75. The summed E-state index contributed by atoms with van der Waals surface area (Å²) in [4.78, 5) is 23.8. The van der Waals surface area contributed by atoms with Crippen molar-refractivity contribution in [2.45, 2.75) is 24.7 Å². The van der Waals surface area contributed by atoms with Gasteiger partial charge in [-0.1, -0.05) is 23.7 Å². The largest absolute Gasteiger partial charge is 0.452 e. The molecule has 24 heavy (non-hydrogen) atoms. The van der Waals surface area contributed by atoms with Crippen molar-refractivity contribution in [3.8, 4) is 0 Å². The van der Waals surface area contributed by atoms with Crippen LogP contribution >= 0.6 is 23.4 Å². The summed E-state index contributed by atoms with van der Waals surface area (Å²) in [6.07, 6.45) is -0.426. The summed E-state index contributed by atoms with van der Waals surface area (Å²) < 4.78 is 27.8. The Hall–Kier alpha value is -1.25. The maximum Gasteiger partial charge on any atom is 0.316 e.